The van der Waals surface area contributed by atoms with Gasteiger partial charge in [0, 0.05) is 6.42 Å². The topological polar surface area (TPSA) is 81.8 Å². The van der Waals surface area contributed by atoms with E-state index >= 15 is 0 Å². The molecule has 6 nitrogen and oxygen atoms in total. The van der Waals surface area contributed by atoms with E-state index in [1.165, 1.54) is 6.07 Å². The summed E-state index contributed by atoms with van der Waals surface area (Å²) in [5.41, 5.74) is 0.0329. The van der Waals surface area contributed by atoms with Crippen LogP contribution in [0.3, 0.4) is 0 Å². The van der Waals surface area contributed by atoms with E-state index in [4.69, 9.17) is 4.89 Å². The molecule has 0 aromatic heterocycles. The molecule has 1 N–H and O–H groups in total. The van der Waals surface area contributed by atoms with Crippen LogP contribution in [-0.2, 0) is 9.78 Å². The average Bonchev–Trinajstić information content (AvgIpc) is 2.69. The van der Waals surface area contributed by atoms with Crippen LogP contribution in [0.2, 0.25) is 0 Å². The lowest BCUT2D eigenvalue weighted by molar-refractivity contribution is -0.388. The lowest BCUT2D eigenvalue weighted by atomic mass is 10.0. The quantitative estimate of drug-likeness (QED) is 0.457. The normalized spacial score (nSPS) is 20.4. The first-order valence-electron chi connectivity index (χ1n) is 4.44. The lowest BCUT2D eigenvalue weighted by Gasteiger charge is -2.08. The zero-order valence-electron chi connectivity index (χ0n) is 7.75. The van der Waals surface area contributed by atoms with Gasteiger partial charge >= 0.3 is 5.69 Å². The molecular weight excluding hydrogens is 202 g/mol. The van der Waals surface area contributed by atoms with E-state index in [-0.39, 0.29) is 11.4 Å². The second kappa shape index (κ2) is 3.84. The molecule has 0 amide bonds. The smallest absolute Gasteiger partial charge is 0.316 e. The van der Waals surface area contributed by atoms with E-state index in [1.807, 2.05) is 0 Å². The van der Waals surface area contributed by atoms with Gasteiger partial charge in [0.25, 0.3) is 0 Å². The molecule has 0 bridgehead atoms. The monoisotopic (exact) mass is 211 g/mol. The summed E-state index contributed by atoms with van der Waals surface area (Å²) < 4.78 is 0. The molecule has 1 aromatic rings. The van der Waals surface area contributed by atoms with Gasteiger partial charge in [0.05, 0.1) is 17.1 Å². The minimum Gasteiger partial charge on any atom is -0.502 e. The maximum atomic E-state index is 10.7. The zero-order chi connectivity index (χ0) is 10.8. The highest BCUT2D eigenvalue weighted by Crippen LogP contribution is 2.38. The van der Waals surface area contributed by atoms with Crippen molar-refractivity contribution >= 4 is 5.69 Å². The number of nitro benzene ring substituents is 1. The maximum Gasteiger partial charge on any atom is 0.316 e. The second-order valence-electron chi connectivity index (χ2n) is 3.17. The van der Waals surface area contributed by atoms with Crippen molar-refractivity contribution in [1.29, 1.82) is 0 Å². The van der Waals surface area contributed by atoms with E-state index in [0.717, 1.165) is 0 Å². The highest BCUT2D eigenvalue weighted by molar-refractivity contribution is 5.52. The Morgan fingerprint density at radius 3 is 2.93 bits per heavy atom. The number of phenolic OH excluding ortho intramolecular Hbond substituents is 1. The molecule has 0 saturated carbocycles. The van der Waals surface area contributed by atoms with Crippen LogP contribution in [0, 0.1) is 10.1 Å². The fraction of sp³-hybridized carbons (Fsp3) is 0.333. The number of hydrogen-bond acceptors (Lipinski definition) is 5. The SMILES string of the molecule is O=[N+]([O-])c1c(O)cccc1C1CCOO1. The van der Waals surface area contributed by atoms with E-state index in [1.54, 1.807) is 12.1 Å². The molecule has 0 radical (unpaired) electrons. The molecule has 0 aliphatic carbocycles. The van der Waals surface area contributed by atoms with Crippen LogP contribution in [0.5, 0.6) is 5.75 Å². The molecule has 1 aliphatic rings. The van der Waals surface area contributed by atoms with Crippen LogP contribution in [0.4, 0.5) is 5.69 Å². The first-order valence-corrected chi connectivity index (χ1v) is 4.44. The Morgan fingerprint density at radius 1 is 1.53 bits per heavy atom. The van der Waals surface area contributed by atoms with Crippen LogP contribution in [0.25, 0.3) is 0 Å². The summed E-state index contributed by atoms with van der Waals surface area (Å²) in [6.07, 6.45) is 0.0714. The van der Waals surface area contributed by atoms with Crippen molar-refractivity contribution in [2.24, 2.45) is 0 Å². The molecule has 1 fully saturated rings. The van der Waals surface area contributed by atoms with Crippen molar-refractivity contribution in [3.05, 3.63) is 33.9 Å². The second-order valence-corrected chi connectivity index (χ2v) is 3.17. The summed E-state index contributed by atoms with van der Waals surface area (Å²) in [5, 5.41) is 20.1. The van der Waals surface area contributed by atoms with Crippen molar-refractivity contribution in [2.75, 3.05) is 6.61 Å². The number of rotatable bonds is 2. The molecule has 1 aliphatic heterocycles. The van der Waals surface area contributed by atoms with E-state index < -0.39 is 11.0 Å². The fourth-order valence-electron chi connectivity index (χ4n) is 1.55. The average molecular weight is 211 g/mol. The number of para-hydroxylation sites is 1. The third-order valence-corrected chi connectivity index (χ3v) is 2.22. The first-order chi connectivity index (χ1) is 7.20. The third-order valence-electron chi connectivity index (χ3n) is 2.22. The Bertz CT molecular complexity index is 386. The molecule has 1 saturated heterocycles. The Labute approximate surface area is 85.1 Å². The minimum atomic E-state index is -0.619. The molecule has 6 heteroatoms. The molecule has 80 valence electrons. The summed E-state index contributed by atoms with van der Waals surface area (Å²) in [7, 11) is 0. The molecule has 15 heavy (non-hydrogen) atoms. The predicted molar refractivity (Wildman–Crippen MR) is 49.2 cm³/mol. The summed E-state index contributed by atoms with van der Waals surface area (Å²) >= 11 is 0. The van der Waals surface area contributed by atoms with E-state index in [9.17, 15) is 15.2 Å². The zero-order valence-corrected chi connectivity index (χ0v) is 7.75. The van der Waals surface area contributed by atoms with Gasteiger partial charge in [-0.05, 0) is 12.1 Å². The van der Waals surface area contributed by atoms with Gasteiger partial charge in [-0.15, -0.1) is 0 Å². The van der Waals surface area contributed by atoms with Crippen LogP contribution < -0.4 is 0 Å². The molecule has 2 rings (SSSR count). The Morgan fingerprint density at radius 2 is 2.33 bits per heavy atom. The van der Waals surface area contributed by atoms with Crippen molar-refractivity contribution in [2.45, 2.75) is 12.5 Å². The highest BCUT2D eigenvalue weighted by atomic mass is 17.2. The largest absolute Gasteiger partial charge is 0.502 e. The molecule has 1 heterocycles. The van der Waals surface area contributed by atoms with Crippen molar-refractivity contribution in [3.63, 3.8) is 0 Å². The van der Waals surface area contributed by atoms with Gasteiger partial charge in [0.2, 0.25) is 0 Å². The van der Waals surface area contributed by atoms with Crippen molar-refractivity contribution in [3.8, 4) is 5.75 Å². The van der Waals surface area contributed by atoms with Gasteiger partial charge in [-0.25, -0.2) is 9.78 Å². The molecule has 1 aromatic carbocycles. The van der Waals surface area contributed by atoms with E-state index in [2.05, 4.69) is 4.89 Å². The van der Waals surface area contributed by atoms with Gasteiger partial charge < -0.3 is 5.11 Å². The fourth-order valence-corrected chi connectivity index (χ4v) is 1.55. The summed E-state index contributed by atoms with van der Waals surface area (Å²) in [6, 6.07) is 4.37. The standard InChI is InChI=1S/C9H9NO5/c11-7-3-1-2-6(9(7)10(12)13)8-4-5-14-15-8/h1-3,8,11H,4-5H2. The molecule has 1 atom stereocenters. The maximum absolute atomic E-state index is 10.7. The molecule has 1 unspecified atom stereocenters. The Balaban J connectivity index is 2.45. The lowest BCUT2D eigenvalue weighted by Crippen LogP contribution is -2.01. The van der Waals surface area contributed by atoms with Crippen LogP contribution in [-0.4, -0.2) is 16.6 Å². The number of phenols is 1. The number of nitrogens with zero attached hydrogens (tertiary/aromatic N) is 1. The van der Waals surface area contributed by atoms with Crippen LogP contribution in [0.1, 0.15) is 18.1 Å². The third kappa shape index (κ3) is 1.77. The van der Waals surface area contributed by atoms with Crippen LogP contribution >= 0.6 is 0 Å². The van der Waals surface area contributed by atoms with Gasteiger partial charge in [0.15, 0.2) is 5.75 Å². The number of hydrogen-bond donors (Lipinski definition) is 1. The predicted octanol–water partition coefficient (Wildman–Crippen LogP) is 1.69. The first kappa shape index (κ1) is 9.88. The van der Waals surface area contributed by atoms with Crippen LogP contribution in [0.15, 0.2) is 18.2 Å². The van der Waals surface area contributed by atoms with Gasteiger partial charge in [-0.2, -0.15) is 0 Å². The van der Waals surface area contributed by atoms with E-state index in [0.29, 0.717) is 18.6 Å². The number of nitro groups is 1. The molecule has 0 spiro atoms. The minimum absolute atomic E-state index is 0.312. The van der Waals surface area contributed by atoms with Gasteiger partial charge in [-0.3, -0.25) is 10.1 Å². The van der Waals surface area contributed by atoms with Gasteiger partial charge in [-0.1, -0.05) is 6.07 Å². The molecular formula is C9H9NO5. The number of aromatic hydroxyl groups is 1. The highest BCUT2D eigenvalue weighted by Gasteiger charge is 2.29. The van der Waals surface area contributed by atoms with Crippen molar-refractivity contribution < 1.29 is 19.8 Å². The summed E-state index contributed by atoms with van der Waals surface area (Å²) in [5.74, 6) is -0.354. The Kier molecular flexibility index (Phi) is 2.53. The number of benzene rings is 1. The van der Waals surface area contributed by atoms with Gasteiger partial charge in [0.1, 0.15) is 6.10 Å². The summed E-state index contributed by atoms with van der Waals surface area (Å²) in [6.45, 7) is 0.400. The Hall–Kier alpha value is -1.66. The van der Waals surface area contributed by atoms with Crippen molar-refractivity contribution in [1.82, 2.24) is 0 Å². The summed E-state index contributed by atoms with van der Waals surface area (Å²) in [4.78, 5) is 19.7.